The fourth-order valence-electron chi connectivity index (χ4n) is 1.44. The van der Waals surface area contributed by atoms with Crippen LogP contribution >= 0.6 is 23.2 Å². The minimum Gasteiger partial charge on any atom is -0.298 e. The molecule has 0 spiro atoms. The first-order valence-corrected chi connectivity index (χ1v) is 5.33. The van der Waals surface area contributed by atoms with Crippen LogP contribution in [0.15, 0.2) is 36.5 Å². The lowest BCUT2D eigenvalue weighted by Gasteiger charge is -2.05. The van der Waals surface area contributed by atoms with E-state index in [1.165, 1.54) is 0 Å². The highest BCUT2D eigenvalue weighted by Gasteiger charge is 2.08. The van der Waals surface area contributed by atoms with Crippen molar-refractivity contribution in [2.45, 2.75) is 0 Å². The Morgan fingerprint density at radius 1 is 1.06 bits per heavy atom. The Hall–Kier alpha value is -1.38. The lowest BCUT2D eigenvalue weighted by Crippen LogP contribution is -1.91. The van der Waals surface area contributed by atoms with Crippen LogP contribution in [0.5, 0.6) is 0 Å². The molecule has 0 bridgehead atoms. The molecular formula is C12H7Cl2NO. The quantitative estimate of drug-likeness (QED) is 0.599. The average molecular weight is 252 g/mol. The van der Waals surface area contributed by atoms with Gasteiger partial charge in [-0.3, -0.25) is 4.79 Å². The predicted octanol–water partition coefficient (Wildman–Crippen LogP) is 3.87. The number of benzene rings is 1. The first-order chi connectivity index (χ1) is 7.72. The number of aromatic nitrogens is 1. The molecule has 16 heavy (non-hydrogen) atoms. The summed E-state index contributed by atoms with van der Waals surface area (Å²) in [6, 6.07) is 8.94. The lowest BCUT2D eigenvalue weighted by molar-refractivity contribution is 0.112. The molecule has 0 amide bonds. The molecule has 0 N–H and O–H groups in total. The molecule has 0 fully saturated rings. The smallest absolute Gasteiger partial charge is 0.153 e. The molecule has 0 saturated carbocycles. The predicted molar refractivity (Wildman–Crippen MR) is 65.1 cm³/mol. The second-order valence-electron chi connectivity index (χ2n) is 3.19. The highest BCUT2D eigenvalue weighted by atomic mass is 35.5. The summed E-state index contributed by atoms with van der Waals surface area (Å²) in [5.74, 6) is 0. The Morgan fingerprint density at radius 3 is 2.38 bits per heavy atom. The van der Waals surface area contributed by atoms with Gasteiger partial charge in [-0.15, -0.1) is 0 Å². The Bertz CT molecular complexity index is 523. The van der Waals surface area contributed by atoms with Crippen LogP contribution < -0.4 is 0 Å². The van der Waals surface area contributed by atoms with Crippen molar-refractivity contribution in [1.29, 1.82) is 0 Å². The minimum absolute atomic E-state index is 0.211. The molecule has 1 aromatic carbocycles. The van der Waals surface area contributed by atoms with Gasteiger partial charge < -0.3 is 0 Å². The van der Waals surface area contributed by atoms with Crippen molar-refractivity contribution in [3.8, 4) is 11.1 Å². The fraction of sp³-hybridized carbons (Fsp3) is 0. The molecule has 0 unspecified atom stereocenters. The van der Waals surface area contributed by atoms with Gasteiger partial charge in [0.15, 0.2) is 6.29 Å². The van der Waals surface area contributed by atoms with Gasteiger partial charge >= 0.3 is 0 Å². The summed E-state index contributed by atoms with van der Waals surface area (Å²) < 4.78 is 0. The molecule has 0 atom stereocenters. The van der Waals surface area contributed by atoms with E-state index in [0.29, 0.717) is 16.9 Å². The van der Waals surface area contributed by atoms with Gasteiger partial charge in [0.05, 0.1) is 5.56 Å². The third kappa shape index (κ3) is 2.08. The zero-order valence-corrected chi connectivity index (χ0v) is 9.66. The number of aldehydes is 1. The molecule has 80 valence electrons. The fourth-order valence-corrected chi connectivity index (χ4v) is 1.77. The second-order valence-corrected chi connectivity index (χ2v) is 3.98. The molecule has 0 aliphatic carbocycles. The molecular weight excluding hydrogens is 245 g/mol. The number of carbonyl (C=O) groups is 1. The molecule has 0 saturated heterocycles. The summed E-state index contributed by atoms with van der Waals surface area (Å²) in [5.41, 5.74) is 2.04. The first-order valence-electron chi connectivity index (χ1n) is 4.58. The van der Waals surface area contributed by atoms with Crippen molar-refractivity contribution < 1.29 is 4.79 Å². The van der Waals surface area contributed by atoms with E-state index >= 15 is 0 Å². The van der Waals surface area contributed by atoms with Gasteiger partial charge in [-0.05, 0) is 29.3 Å². The molecule has 1 heterocycles. The Kier molecular flexibility index (Phi) is 3.22. The van der Waals surface area contributed by atoms with Crippen LogP contribution in [0.25, 0.3) is 11.1 Å². The second kappa shape index (κ2) is 4.64. The average Bonchev–Trinajstić information content (AvgIpc) is 2.30. The summed E-state index contributed by atoms with van der Waals surface area (Å²) >= 11 is 11.6. The van der Waals surface area contributed by atoms with Crippen LogP contribution in [0, 0.1) is 0 Å². The summed E-state index contributed by atoms with van der Waals surface area (Å²) in [6.45, 7) is 0. The van der Waals surface area contributed by atoms with E-state index in [9.17, 15) is 4.79 Å². The number of rotatable bonds is 2. The molecule has 0 aliphatic rings. The highest BCUT2D eigenvalue weighted by molar-refractivity contribution is 6.32. The van der Waals surface area contributed by atoms with Crippen molar-refractivity contribution in [2.24, 2.45) is 0 Å². The molecule has 2 rings (SSSR count). The third-order valence-electron chi connectivity index (χ3n) is 2.21. The molecule has 0 radical (unpaired) electrons. The SMILES string of the molecule is O=Cc1c(-c2ccc(Cl)cc2)ccnc1Cl. The van der Waals surface area contributed by atoms with Gasteiger partial charge in [-0.2, -0.15) is 0 Å². The molecule has 0 aliphatic heterocycles. The summed E-state index contributed by atoms with van der Waals surface area (Å²) in [5, 5.41) is 0.860. The molecule has 2 aromatic rings. The van der Waals surface area contributed by atoms with Crippen LogP contribution in [0.2, 0.25) is 10.2 Å². The van der Waals surface area contributed by atoms with E-state index in [-0.39, 0.29) is 5.15 Å². The van der Waals surface area contributed by atoms with Crippen LogP contribution in [-0.2, 0) is 0 Å². The van der Waals surface area contributed by atoms with Gasteiger partial charge in [0.1, 0.15) is 5.15 Å². The summed E-state index contributed by atoms with van der Waals surface area (Å²) in [7, 11) is 0. The molecule has 2 nitrogen and oxygen atoms in total. The number of hydrogen-bond acceptors (Lipinski definition) is 2. The van der Waals surface area contributed by atoms with Gasteiger partial charge in [0.2, 0.25) is 0 Å². The van der Waals surface area contributed by atoms with Crippen LogP contribution in [0.3, 0.4) is 0 Å². The third-order valence-corrected chi connectivity index (χ3v) is 2.77. The number of carbonyl (C=O) groups excluding carboxylic acids is 1. The van der Waals surface area contributed by atoms with E-state index in [0.717, 1.165) is 11.1 Å². The summed E-state index contributed by atoms with van der Waals surface area (Å²) in [6.07, 6.45) is 2.28. The zero-order valence-electron chi connectivity index (χ0n) is 8.15. The Morgan fingerprint density at radius 2 is 1.75 bits per heavy atom. The van der Waals surface area contributed by atoms with Gasteiger partial charge in [0.25, 0.3) is 0 Å². The van der Waals surface area contributed by atoms with Gasteiger partial charge in [0, 0.05) is 11.2 Å². The summed E-state index contributed by atoms with van der Waals surface area (Å²) in [4.78, 5) is 14.8. The maximum atomic E-state index is 10.9. The van der Waals surface area contributed by atoms with Crippen molar-refractivity contribution in [2.75, 3.05) is 0 Å². The number of hydrogen-bond donors (Lipinski definition) is 0. The van der Waals surface area contributed by atoms with Crippen LogP contribution in [-0.4, -0.2) is 11.3 Å². The van der Waals surface area contributed by atoms with Gasteiger partial charge in [-0.25, -0.2) is 4.98 Å². The van der Waals surface area contributed by atoms with E-state index in [1.54, 1.807) is 24.4 Å². The van der Waals surface area contributed by atoms with Crippen molar-refractivity contribution >= 4 is 29.5 Å². The lowest BCUT2D eigenvalue weighted by atomic mass is 10.0. The number of pyridine rings is 1. The van der Waals surface area contributed by atoms with E-state index in [4.69, 9.17) is 23.2 Å². The van der Waals surface area contributed by atoms with Gasteiger partial charge in [-0.1, -0.05) is 35.3 Å². The maximum Gasteiger partial charge on any atom is 0.153 e. The van der Waals surface area contributed by atoms with Crippen molar-refractivity contribution in [3.05, 3.63) is 52.3 Å². The topological polar surface area (TPSA) is 30.0 Å². The first kappa shape index (κ1) is 11.1. The van der Waals surface area contributed by atoms with Crippen LogP contribution in [0.1, 0.15) is 10.4 Å². The van der Waals surface area contributed by atoms with E-state index in [1.807, 2.05) is 12.1 Å². The van der Waals surface area contributed by atoms with Crippen LogP contribution in [0.4, 0.5) is 0 Å². The largest absolute Gasteiger partial charge is 0.298 e. The minimum atomic E-state index is 0.211. The van der Waals surface area contributed by atoms with Crippen molar-refractivity contribution in [1.82, 2.24) is 4.98 Å². The Labute approximate surface area is 103 Å². The zero-order chi connectivity index (χ0) is 11.5. The standard InChI is InChI=1S/C12H7Cl2NO/c13-9-3-1-8(2-4-9)10-5-6-15-12(14)11(10)7-16/h1-7H. The normalized spacial score (nSPS) is 10.1. The van der Waals surface area contributed by atoms with E-state index in [2.05, 4.69) is 4.98 Å². The highest BCUT2D eigenvalue weighted by Crippen LogP contribution is 2.27. The van der Waals surface area contributed by atoms with E-state index < -0.39 is 0 Å². The molecule has 1 aromatic heterocycles. The maximum absolute atomic E-state index is 10.9. The Balaban J connectivity index is 2.59. The van der Waals surface area contributed by atoms with Crippen molar-refractivity contribution in [3.63, 3.8) is 0 Å². The number of halogens is 2. The monoisotopic (exact) mass is 251 g/mol. The number of nitrogens with zero attached hydrogens (tertiary/aromatic N) is 1. The molecule has 4 heteroatoms.